The number of aliphatic imine (C=N–C) groups is 2. The smallest absolute Gasteiger partial charge is 0.350 e. The maximum Gasteiger partial charge on any atom is 0.350 e. The number of nitrogens with zero attached hydrogens (tertiary/aromatic N) is 8. The Morgan fingerprint density at radius 1 is 0.926 bits per heavy atom. The van der Waals surface area contributed by atoms with Gasteiger partial charge in [0.1, 0.15) is 34.2 Å². The minimum atomic E-state index is -0.241. The minimum Gasteiger partial charge on any atom is -0.351 e. The van der Waals surface area contributed by atoms with Gasteiger partial charge in [0.15, 0.2) is 0 Å². The molecular weight excluding hydrogens is 400 g/mol. The summed E-state index contributed by atoms with van der Waals surface area (Å²) >= 11 is 3.74. The molecule has 0 radical (unpaired) electrons. The van der Waals surface area contributed by atoms with Crippen molar-refractivity contribution in [2.75, 3.05) is 0 Å². The predicted molar refractivity (Wildman–Crippen MR) is 106 cm³/mol. The average molecular weight is 402 g/mol. The lowest BCUT2D eigenvalue weighted by atomic mass is 10.1. The Morgan fingerprint density at radius 3 is 1.96 bits per heavy atom. The first kappa shape index (κ1) is 16.7. The molecule has 124 valence electrons. The van der Waals surface area contributed by atoms with Gasteiger partial charge in [-0.3, -0.25) is 0 Å². The molecule has 0 N–H and O–H groups in total. The maximum absolute atomic E-state index is 8.93. The fourth-order valence-electron chi connectivity index (χ4n) is 2.46. The molecule has 0 unspecified atom stereocenters. The molecular formula is C16H2N8S3. The number of amidine groups is 1. The maximum atomic E-state index is 8.93. The fourth-order valence-corrected chi connectivity index (χ4v) is 5.26. The van der Waals surface area contributed by atoms with Gasteiger partial charge in [-0.2, -0.15) is 19.3 Å². The van der Waals surface area contributed by atoms with Crippen LogP contribution in [0.5, 0.6) is 0 Å². The van der Waals surface area contributed by atoms with Crippen molar-refractivity contribution in [3.8, 4) is 18.2 Å². The standard InChI is InChI=1S/C16H2N8S3/c1-20-10(6-19)22-12-3-9-14-13(23-27-24-14)8-2-11(21-7(4-17)5-18)25-15(8)16(9)26-12/h2-3H. The topological polar surface area (TPSA) is 126 Å². The lowest BCUT2D eigenvalue weighted by Gasteiger charge is -1.93. The van der Waals surface area contributed by atoms with E-state index in [0.717, 1.165) is 31.9 Å². The largest absolute Gasteiger partial charge is 0.351 e. The van der Waals surface area contributed by atoms with E-state index < -0.39 is 0 Å². The van der Waals surface area contributed by atoms with Gasteiger partial charge < -0.3 is 4.85 Å². The predicted octanol–water partition coefficient (Wildman–Crippen LogP) is 4.71. The first-order valence-corrected chi connectivity index (χ1v) is 9.41. The number of thiophene rings is 2. The van der Waals surface area contributed by atoms with E-state index in [1.54, 1.807) is 30.3 Å². The molecule has 3 aromatic heterocycles. The Balaban J connectivity index is 2.07. The fraction of sp³-hybridized carbons (Fsp3) is 0. The summed E-state index contributed by atoms with van der Waals surface area (Å²) in [6, 6.07) is 8.81. The van der Waals surface area contributed by atoms with Crippen LogP contribution in [0, 0.1) is 40.6 Å². The number of nitriles is 3. The molecule has 0 fully saturated rings. The van der Waals surface area contributed by atoms with Crippen LogP contribution in [0.15, 0.2) is 22.1 Å². The van der Waals surface area contributed by atoms with Crippen LogP contribution in [0.3, 0.4) is 0 Å². The zero-order valence-electron chi connectivity index (χ0n) is 13.0. The summed E-state index contributed by atoms with van der Waals surface area (Å²) in [5, 5.41) is 29.5. The van der Waals surface area contributed by atoms with E-state index in [2.05, 4.69) is 23.6 Å². The summed E-state index contributed by atoms with van der Waals surface area (Å²) in [6.07, 6.45) is 0. The summed E-state index contributed by atoms with van der Waals surface area (Å²) in [5.41, 5.74) is 1.18. The number of benzene rings is 1. The van der Waals surface area contributed by atoms with Crippen molar-refractivity contribution in [1.82, 2.24) is 8.75 Å². The van der Waals surface area contributed by atoms with Gasteiger partial charge in [0.2, 0.25) is 10.7 Å². The normalized spacial score (nSPS) is 11.0. The van der Waals surface area contributed by atoms with Crippen molar-refractivity contribution < 1.29 is 0 Å². The van der Waals surface area contributed by atoms with E-state index in [1.165, 1.54) is 22.7 Å². The Labute approximate surface area is 163 Å². The van der Waals surface area contributed by atoms with Gasteiger partial charge in [0.25, 0.3) is 0 Å². The van der Waals surface area contributed by atoms with Crippen LogP contribution in [0.25, 0.3) is 36.1 Å². The number of rotatable bonds is 2. The molecule has 0 bridgehead atoms. The van der Waals surface area contributed by atoms with Crippen LogP contribution in [-0.2, 0) is 0 Å². The zero-order chi connectivity index (χ0) is 19.0. The van der Waals surface area contributed by atoms with E-state index in [9.17, 15) is 0 Å². The molecule has 0 aliphatic carbocycles. The summed E-state index contributed by atoms with van der Waals surface area (Å²) in [4.78, 5) is 11.2. The number of hydrogen-bond donors (Lipinski definition) is 0. The second kappa shape index (κ2) is 6.53. The number of hydrogen-bond acceptors (Lipinski definition) is 10. The SMILES string of the molecule is [C-]#[N+]C(C#N)=Nc1cc2c3nsnc3c3cc(N=C(C#N)C#N)sc3c2s1. The molecule has 0 saturated carbocycles. The molecule has 0 aliphatic rings. The Kier molecular flexibility index (Phi) is 4.04. The van der Waals surface area contributed by atoms with E-state index in [1.807, 2.05) is 0 Å². The summed E-state index contributed by atoms with van der Waals surface area (Å²) in [7, 11) is 0. The van der Waals surface area contributed by atoms with Crippen molar-refractivity contribution in [2.24, 2.45) is 9.98 Å². The summed E-state index contributed by atoms with van der Waals surface area (Å²) in [6.45, 7) is 6.98. The molecule has 0 aliphatic heterocycles. The minimum absolute atomic E-state index is 0.224. The van der Waals surface area contributed by atoms with Crippen molar-refractivity contribution in [2.45, 2.75) is 0 Å². The third kappa shape index (κ3) is 2.69. The molecule has 4 rings (SSSR count). The van der Waals surface area contributed by atoms with Gasteiger partial charge in [-0.15, -0.1) is 11.3 Å². The lowest BCUT2D eigenvalue weighted by molar-refractivity contribution is 1.51. The quantitative estimate of drug-likeness (QED) is 0.272. The number of aromatic nitrogens is 2. The average Bonchev–Trinajstić information content (AvgIpc) is 3.40. The van der Waals surface area contributed by atoms with Gasteiger partial charge in [0, 0.05) is 16.8 Å². The molecule has 8 nitrogen and oxygen atoms in total. The molecule has 0 atom stereocenters. The highest BCUT2D eigenvalue weighted by Crippen LogP contribution is 2.46. The second-order valence-corrected chi connectivity index (χ2v) is 7.55. The van der Waals surface area contributed by atoms with Gasteiger partial charge in [0.05, 0.1) is 21.1 Å². The Bertz CT molecular complexity index is 1330. The zero-order valence-corrected chi connectivity index (χ0v) is 15.4. The first-order valence-electron chi connectivity index (χ1n) is 7.05. The van der Waals surface area contributed by atoms with Crippen LogP contribution in [-0.4, -0.2) is 20.3 Å². The van der Waals surface area contributed by atoms with Crippen molar-refractivity contribution in [3.63, 3.8) is 0 Å². The molecule has 27 heavy (non-hydrogen) atoms. The van der Waals surface area contributed by atoms with Crippen molar-refractivity contribution in [3.05, 3.63) is 23.5 Å². The monoisotopic (exact) mass is 402 g/mol. The van der Waals surface area contributed by atoms with Crippen molar-refractivity contribution >= 4 is 87.2 Å². The molecule has 3 heterocycles. The molecule has 0 spiro atoms. The highest BCUT2D eigenvalue weighted by molar-refractivity contribution is 7.30. The van der Waals surface area contributed by atoms with Crippen LogP contribution < -0.4 is 0 Å². The van der Waals surface area contributed by atoms with E-state index in [-0.39, 0.29) is 11.5 Å². The van der Waals surface area contributed by atoms with Crippen molar-refractivity contribution in [1.29, 1.82) is 15.8 Å². The van der Waals surface area contributed by atoms with E-state index in [0.29, 0.717) is 21.0 Å². The van der Waals surface area contributed by atoms with Crippen LogP contribution in [0.4, 0.5) is 10.0 Å². The highest BCUT2D eigenvalue weighted by atomic mass is 32.1. The van der Waals surface area contributed by atoms with Crippen LogP contribution in [0.2, 0.25) is 0 Å². The van der Waals surface area contributed by atoms with Crippen LogP contribution in [0.1, 0.15) is 0 Å². The number of fused-ring (bicyclic) bond motifs is 6. The molecule has 1 aromatic carbocycles. The van der Waals surface area contributed by atoms with Gasteiger partial charge in [-0.1, -0.05) is 22.9 Å². The Morgan fingerprint density at radius 2 is 1.48 bits per heavy atom. The van der Waals surface area contributed by atoms with E-state index in [4.69, 9.17) is 22.4 Å². The lowest BCUT2D eigenvalue weighted by Crippen LogP contribution is -1.84. The Hall–Kier alpha value is -3.74. The second-order valence-electron chi connectivity index (χ2n) is 4.96. The highest BCUT2D eigenvalue weighted by Gasteiger charge is 2.19. The van der Waals surface area contributed by atoms with Gasteiger partial charge in [-0.25, -0.2) is 10.3 Å². The third-order valence-electron chi connectivity index (χ3n) is 3.50. The first-order chi connectivity index (χ1) is 13.2. The van der Waals surface area contributed by atoms with Gasteiger partial charge >= 0.3 is 5.84 Å². The molecule has 0 amide bonds. The molecule has 4 aromatic rings. The summed E-state index contributed by atoms with van der Waals surface area (Å²) < 4.78 is 10.5. The van der Waals surface area contributed by atoms with E-state index >= 15 is 0 Å². The molecule has 11 heteroatoms. The molecule has 0 saturated heterocycles. The van der Waals surface area contributed by atoms with Crippen LogP contribution >= 0.6 is 34.4 Å². The third-order valence-corrected chi connectivity index (χ3v) is 6.25. The summed E-state index contributed by atoms with van der Waals surface area (Å²) in [5.74, 6) is -0.241. The van der Waals surface area contributed by atoms with Gasteiger partial charge in [-0.05, 0) is 6.07 Å².